The molecule has 0 aromatic heterocycles. The molecule has 0 aliphatic heterocycles. The van der Waals surface area contributed by atoms with E-state index in [9.17, 15) is 9.18 Å². The molecule has 3 N–H and O–H groups in total. The molecule has 0 heterocycles. The fourth-order valence-corrected chi connectivity index (χ4v) is 1.77. The summed E-state index contributed by atoms with van der Waals surface area (Å²) >= 11 is 5.79. The summed E-state index contributed by atoms with van der Waals surface area (Å²) in [5.74, 6) is -1.12. The van der Waals surface area contributed by atoms with E-state index in [-0.39, 0.29) is 21.8 Å². The number of nitrogens with one attached hydrogen (secondary N) is 1. The lowest BCUT2D eigenvalue weighted by Crippen LogP contribution is -2.14. The average molecular weight is 290 g/mol. The van der Waals surface area contributed by atoms with Gasteiger partial charge in [0.15, 0.2) is 0 Å². The maximum atomic E-state index is 13.1. The van der Waals surface area contributed by atoms with Crippen LogP contribution in [0.15, 0.2) is 36.4 Å². The lowest BCUT2D eigenvalue weighted by molar-refractivity contribution is 0.102. The van der Waals surface area contributed by atoms with Crippen LogP contribution in [0.5, 0.6) is 0 Å². The molecule has 0 saturated heterocycles. The van der Waals surface area contributed by atoms with Gasteiger partial charge in [0.1, 0.15) is 11.9 Å². The van der Waals surface area contributed by atoms with Crippen LogP contribution in [0.2, 0.25) is 5.02 Å². The number of hydrogen-bond donors (Lipinski definition) is 2. The molecule has 0 aliphatic carbocycles. The number of anilines is 2. The van der Waals surface area contributed by atoms with Gasteiger partial charge in [0.05, 0.1) is 16.1 Å². The van der Waals surface area contributed by atoms with Gasteiger partial charge in [-0.1, -0.05) is 11.6 Å². The van der Waals surface area contributed by atoms with Crippen molar-refractivity contribution in [3.8, 4) is 6.07 Å². The van der Waals surface area contributed by atoms with Gasteiger partial charge in [-0.25, -0.2) is 4.39 Å². The molecule has 0 saturated carbocycles. The van der Waals surface area contributed by atoms with E-state index < -0.39 is 11.7 Å². The highest BCUT2D eigenvalue weighted by Crippen LogP contribution is 2.21. The van der Waals surface area contributed by atoms with Gasteiger partial charge >= 0.3 is 0 Å². The lowest BCUT2D eigenvalue weighted by Gasteiger charge is -2.08. The summed E-state index contributed by atoms with van der Waals surface area (Å²) in [6.45, 7) is 0. The summed E-state index contributed by atoms with van der Waals surface area (Å²) in [7, 11) is 0. The Morgan fingerprint density at radius 2 is 2.05 bits per heavy atom. The summed E-state index contributed by atoms with van der Waals surface area (Å²) < 4.78 is 13.1. The Labute approximate surface area is 119 Å². The Kier molecular flexibility index (Phi) is 3.87. The fourth-order valence-electron chi connectivity index (χ4n) is 1.61. The van der Waals surface area contributed by atoms with E-state index in [2.05, 4.69) is 5.32 Å². The van der Waals surface area contributed by atoms with Crippen LogP contribution in [0.3, 0.4) is 0 Å². The van der Waals surface area contributed by atoms with Crippen molar-refractivity contribution in [3.63, 3.8) is 0 Å². The van der Waals surface area contributed by atoms with Crippen LogP contribution in [0, 0.1) is 17.1 Å². The third kappa shape index (κ3) is 2.87. The largest absolute Gasteiger partial charge is 0.398 e. The van der Waals surface area contributed by atoms with Gasteiger partial charge in [-0.3, -0.25) is 4.79 Å². The zero-order valence-corrected chi connectivity index (χ0v) is 10.9. The van der Waals surface area contributed by atoms with Crippen LogP contribution < -0.4 is 11.1 Å². The smallest absolute Gasteiger partial charge is 0.257 e. The predicted molar refractivity (Wildman–Crippen MR) is 74.9 cm³/mol. The van der Waals surface area contributed by atoms with E-state index in [1.54, 1.807) is 0 Å². The van der Waals surface area contributed by atoms with Crippen LogP contribution >= 0.6 is 11.6 Å². The molecule has 1 amide bonds. The maximum absolute atomic E-state index is 13.1. The first kappa shape index (κ1) is 13.8. The fraction of sp³-hybridized carbons (Fsp3) is 0. The van der Waals surface area contributed by atoms with Gasteiger partial charge in [-0.2, -0.15) is 5.26 Å². The van der Waals surface area contributed by atoms with E-state index in [0.717, 1.165) is 6.07 Å². The molecule has 0 aliphatic rings. The van der Waals surface area contributed by atoms with Crippen LogP contribution in [0.1, 0.15) is 15.9 Å². The van der Waals surface area contributed by atoms with Gasteiger partial charge < -0.3 is 11.1 Å². The van der Waals surface area contributed by atoms with Crippen LogP contribution in [0.4, 0.5) is 15.8 Å². The summed E-state index contributed by atoms with van der Waals surface area (Å²) in [6.07, 6.45) is 0. The first-order valence-corrected chi connectivity index (χ1v) is 5.95. The molecule has 0 bridgehead atoms. The Morgan fingerprint density at radius 1 is 1.30 bits per heavy atom. The Morgan fingerprint density at radius 3 is 2.75 bits per heavy atom. The normalized spacial score (nSPS) is 9.85. The molecule has 0 unspecified atom stereocenters. The number of benzene rings is 2. The van der Waals surface area contributed by atoms with Crippen molar-refractivity contribution < 1.29 is 9.18 Å². The van der Waals surface area contributed by atoms with Crippen LogP contribution in [-0.2, 0) is 0 Å². The minimum absolute atomic E-state index is 0.0263. The molecule has 0 radical (unpaired) electrons. The second kappa shape index (κ2) is 5.59. The van der Waals surface area contributed by atoms with Crippen molar-refractivity contribution in [1.29, 1.82) is 5.26 Å². The molecule has 0 fully saturated rings. The van der Waals surface area contributed by atoms with Gasteiger partial charge in [0, 0.05) is 11.4 Å². The number of nitriles is 1. The zero-order valence-electron chi connectivity index (χ0n) is 10.2. The SMILES string of the molecule is N#Cc1cc(NC(=O)c2cc(F)ccc2N)ccc1Cl. The summed E-state index contributed by atoms with van der Waals surface area (Å²) in [5, 5.41) is 11.7. The molecule has 2 aromatic carbocycles. The van der Waals surface area contributed by atoms with Crippen LogP contribution in [0.25, 0.3) is 0 Å². The zero-order chi connectivity index (χ0) is 14.7. The summed E-state index contributed by atoms with van der Waals surface area (Å²) in [5.41, 5.74) is 6.42. The van der Waals surface area contributed by atoms with E-state index in [1.165, 1.54) is 30.3 Å². The molecular weight excluding hydrogens is 281 g/mol. The molecule has 6 heteroatoms. The van der Waals surface area contributed by atoms with Crippen molar-refractivity contribution >= 4 is 28.9 Å². The first-order valence-electron chi connectivity index (χ1n) is 5.57. The van der Waals surface area contributed by atoms with Crippen molar-refractivity contribution in [2.75, 3.05) is 11.1 Å². The first-order chi connectivity index (χ1) is 9.51. The minimum atomic E-state index is -0.562. The highest BCUT2D eigenvalue weighted by molar-refractivity contribution is 6.31. The van der Waals surface area contributed by atoms with Gasteiger partial charge in [0.2, 0.25) is 0 Å². The number of hydrogen-bond acceptors (Lipinski definition) is 3. The molecule has 2 aromatic rings. The Balaban J connectivity index is 2.28. The number of carbonyl (C=O) groups is 1. The number of carbonyl (C=O) groups excluding carboxylic acids is 1. The Bertz CT molecular complexity index is 725. The second-order valence-electron chi connectivity index (χ2n) is 3.99. The maximum Gasteiger partial charge on any atom is 0.257 e. The van der Waals surface area contributed by atoms with E-state index in [0.29, 0.717) is 5.69 Å². The molecular formula is C14H9ClFN3O. The van der Waals surface area contributed by atoms with E-state index in [4.69, 9.17) is 22.6 Å². The molecule has 4 nitrogen and oxygen atoms in total. The van der Waals surface area contributed by atoms with Crippen molar-refractivity contribution in [2.24, 2.45) is 0 Å². The molecule has 100 valence electrons. The summed E-state index contributed by atoms with van der Waals surface area (Å²) in [6, 6.07) is 9.89. The van der Waals surface area contributed by atoms with E-state index >= 15 is 0 Å². The quantitative estimate of drug-likeness (QED) is 0.833. The number of rotatable bonds is 2. The number of nitrogens with two attached hydrogens (primary N) is 1. The molecule has 0 spiro atoms. The number of amides is 1. The highest BCUT2D eigenvalue weighted by Gasteiger charge is 2.12. The number of nitrogens with zero attached hydrogens (tertiary/aromatic N) is 1. The topological polar surface area (TPSA) is 78.9 Å². The lowest BCUT2D eigenvalue weighted by atomic mass is 10.1. The van der Waals surface area contributed by atoms with Crippen molar-refractivity contribution in [2.45, 2.75) is 0 Å². The van der Waals surface area contributed by atoms with E-state index in [1.807, 2.05) is 6.07 Å². The monoisotopic (exact) mass is 289 g/mol. The predicted octanol–water partition coefficient (Wildman–Crippen LogP) is 3.19. The number of nitrogen functional groups attached to an aromatic ring is 1. The van der Waals surface area contributed by atoms with Gasteiger partial charge in [0.25, 0.3) is 5.91 Å². The third-order valence-corrected chi connectivity index (χ3v) is 2.93. The minimum Gasteiger partial charge on any atom is -0.398 e. The molecule has 2 rings (SSSR count). The van der Waals surface area contributed by atoms with Gasteiger partial charge in [-0.05, 0) is 36.4 Å². The summed E-state index contributed by atoms with van der Waals surface area (Å²) in [4.78, 5) is 12.0. The van der Waals surface area contributed by atoms with Crippen LogP contribution in [-0.4, -0.2) is 5.91 Å². The highest BCUT2D eigenvalue weighted by atomic mass is 35.5. The standard InChI is InChI=1S/C14H9ClFN3O/c15-12-3-2-10(5-8(12)7-17)19-14(20)11-6-9(16)1-4-13(11)18/h1-6H,18H2,(H,19,20). The van der Waals surface area contributed by atoms with Crippen molar-refractivity contribution in [1.82, 2.24) is 0 Å². The molecule has 0 atom stereocenters. The third-order valence-electron chi connectivity index (χ3n) is 2.60. The average Bonchev–Trinajstić information content (AvgIpc) is 2.43. The second-order valence-corrected chi connectivity index (χ2v) is 4.40. The Hall–Kier alpha value is -2.58. The number of halogens is 2. The molecule has 20 heavy (non-hydrogen) atoms. The van der Waals surface area contributed by atoms with Crippen molar-refractivity contribution in [3.05, 3.63) is 58.4 Å². The van der Waals surface area contributed by atoms with Gasteiger partial charge in [-0.15, -0.1) is 0 Å².